The van der Waals surface area contributed by atoms with Crippen molar-refractivity contribution < 1.29 is 19.1 Å². The quantitative estimate of drug-likeness (QED) is 0.667. The molecule has 0 aliphatic carbocycles. The van der Waals surface area contributed by atoms with Crippen LogP contribution in [0.3, 0.4) is 0 Å². The largest absolute Gasteiger partial charge is 0.488 e. The Balaban J connectivity index is 1.99. The van der Waals surface area contributed by atoms with Crippen molar-refractivity contribution >= 4 is 22.8 Å². The number of fused-ring (bicyclic) bond motifs is 1. The molecule has 0 saturated heterocycles. The van der Waals surface area contributed by atoms with Crippen molar-refractivity contribution in [2.45, 2.75) is 27.1 Å². The van der Waals surface area contributed by atoms with Gasteiger partial charge in [0.05, 0.1) is 10.9 Å². The van der Waals surface area contributed by atoms with Gasteiger partial charge in [-0.3, -0.25) is 9.59 Å². The Morgan fingerprint density at radius 1 is 1.00 bits per heavy atom. The van der Waals surface area contributed by atoms with E-state index in [-0.39, 0.29) is 12.5 Å². The Morgan fingerprint density at radius 3 is 2.44 bits per heavy atom. The monoisotopic (exact) mass is 338 g/mol. The maximum Gasteiger partial charge on any atom is 0.303 e. The predicted octanol–water partition coefficient (Wildman–Crippen LogP) is 3.34. The van der Waals surface area contributed by atoms with Crippen LogP contribution in [-0.4, -0.2) is 21.7 Å². The second-order valence-electron chi connectivity index (χ2n) is 5.58. The summed E-state index contributed by atoms with van der Waals surface area (Å²) in [6.45, 7) is 3.13. The highest BCUT2D eigenvalue weighted by atomic mass is 16.5. The smallest absolute Gasteiger partial charge is 0.303 e. The van der Waals surface area contributed by atoms with Gasteiger partial charge in [-0.15, -0.1) is 0 Å². The van der Waals surface area contributed by atoms with Crippen LogP contribution in [-0.2, 0) is 22.7 Å². The molecule has 0 bridgehead atoms. The number of hydrogen-bond donors (Lipinski definition) is 0. The summed E-state index contributed by atoms with van der Waals surface area (Å²) in [7, 11) is 0. The fraction of sp³-hybridized carbons (Fsp3) is 0.211. The minimum absolute atomic E-state index is 0.0160. The zero-order valence-electron chi connectivity index (χ0n) is 14.1. The first kappa shape index (κ1) is 16.7. The molecule has 1 aromatic heterocycles. The third kappa shape index (κ3) is 3.68. The van der Waals surface area contributed by atoms with Gasteiger partial charge < -0.3 is 9.47 Å². The molecule has 0 amide bonds. The topological polar surface area (TPSA) is 70.4 Å². The third-order valence-electron chi connectivity index (χ3n) is 3.69. The molecule has 3 rings (SSSR count). The van der Waals surface area contributed by atoms with E-state index in [1.807, 2.05) is 36.4 Å². The minimum Gasteiger partial charge on any atom is -0.488 e. The number of benzene rings is 2. The molecular formula is C19H18N2O4. The maximum atomic E-state index is 11.9. The Morgan fingerprint density at radius 2 is 1.76 bits per heavy atom. The van der Waals surface area contributed by atoms with Crippen LogP contribution in [0.4, 0.5) is 0 Å². The fourth-order valence-electron chi connectivity index (χ4n) is 2.58. The van der Waals surface area contributed by atoms with Gasteiger partial charge in [-0.2, -0.15) is 9.78 Å². The van der Waals surface area contributed by atoms with Gasteiger partial charge >= 0.3 is 5.97 Å². The summed E-state index contributed by atoms with van der Waals surface area (Å²) in [4.78, 5) is 23.0. The number of carbonyl (C=O) groups is 2. The summed E-state index contributed by atoms with van der Waals surface area (Å²) in [6, 6.07) is 15.2. The lowest BCUT2D eigenvalue weighted by molar-refractivity contribution is -0.142. The second kappa shape index (κ2) is 7.17. The van der Waals surface area contributed by atoms with Crippen LogP contribution < -0.4 is 4.74 Å². The lowest BCUT2D eigenvalue weighted by Gasteiger charge is -2.09. The molecule has 3 aromatic rings. The van der Waals surface area contributed by atoms with E-state index in [0.29, 0.717) is 29.0 Å². The zero-order valence-corrected chi connectivity index (χ0v) is 14.1. The van der Waals surface area contributed by atoms with Crippen molar-refractivity contribution in [2.24, 2.45) is 0 Å². The summed E-state index contributed by atoms with van der Waals surface area (Å²) in [5.41, 5.74) is 2.14. The van der Waals surface area contributed by atoms with Gasteiger partial charge in [0.2, 0.25) is 5.91 Å². The normalized spacial score (nSPS) is 10.6. The van der Waals surface area contributed by atoms with E-state index in [0.717, 1.165) is 5.56 Å². The molecule has 0 radical (unpaired) electrons. The van der Waals surface area contributed by atoms with Crippen molar-refractivity contribution in [3.05, 3.63) is 59.8 Å². The van der Waals surface area contributed by atoms with E-state index >= 15 is 0 Å². The van der Waals surface area contributed by atoms with E-state index in [9.17, 15) is 9.59 Å². The molecule has 0 aliphatic heterocycles. The molecule has 0 spiro atoms. The van der Waals surface area contributed by atoms with Gasteiger partial charge in [-0.05, 0) is 17.7 Å². The number of rotatable bonds is 5. The Bertz CT molecular complexity index is 916. The van der Waals surface area contributed by atoms with E-state index in [1.54, 1.807) is 12.1 Å². The van der Waals surface area contributed by atoms with Gasteiger partial charge in [0, 0.05) is 13.8 Å². The van der Waals surface area contributed by atoms with Gasteiger partial charge in [-0.25, -0.2) is 0 Å². The Labute approximate surface area is 145 Å². The number of carbonyl (C=O) groups excluding carboxylic acids is 2. The Kier molecular flexibility index (Phi) is 4.79. The van der Waals surface area contributed by atoms with Crippen LogP contribution in [0.2, 0.25) is 0 Å². The molecule has 2 aromatic carbocycles. The average molecular weight is 338 g/mol. The van der Waals surface area contributed by atoms with Gasteiger partial charge in [0.25, 0.3) is 0 Å². The highest BCUT2D eigenvalue weighted by molar-refractivity contribution is 5.95. The average Bonchev–Trinajstić information content (AvgIpc) is 2.99. The van der Waals surface area contributed by atoms with Crippen LogP contribution in [0.25, 0.3) is 10.9 Å². The highest BCUT2D eigenvalue weighted by Gasteiger charge is 2.18. The van der Waals surface area contributed by atoms with Crippen molar-refractivity contribution in [2.75, 3.05) is 0 Å². The minimum atomic E-state index is -0.409. The molecular weight excluding hydrogens is 320 g/mol. The fourth-order valence-corrected chi connectivity index (χ4v) is 2.58. The molecule has 0 atom stereocenters. The summed E-state index contributed by atoms with van der Waals surface area (Å²) >= 11 is 0. The summed E-state index contributed by atoms with van der Waals surface area (Å²) < 4.78 is 12.3. The summed E-state index contributed by atoms with van der Waals surface area (Å²) in [5, 5.41) is 4.96. The van der Waals surface area contributed by atoms with E-state index in [1.165, 1.54) is 18.5 Å². The predicted molar refractivity (Wildman–Crippen MR) is 92.3 cm³/mol. The van der Waals surface area contributed by atoms with Crippen molar-refractivity contribution in [3.63, 3.8) is 0 Å². The third-order valence-corrected chi connectivity index (χ3v) is 3.69. The van der Waals surface area contributed by atoms with E-state index in [2.05, 4.69) is 5.10 Å². The van der Waals surface area contributed by atoms with Crippen molar-refractivity contribution in [1.82, 2.24) is 9.78 Å². The van der Waals surface area contributed by atoms with E-state index in [4.69, 9.17) is 9.47 Å². The summed E-state index contributed by atoms with van der Waals surface area (Å²) in [5.74, 6) is -0.0384. The van der Waals surface area contributed by atoms with E-state index < -0.39 is 5.97 Å². The molecule has 0 N–H and O–H groups in total. The van der Waals surface area contributed by atoms with Crippen LogP contribution in [0.15, 0.2) is 48.5 Å². The number of aromatic nitrogens is 2. The van der Waals surface area contributed by atoms with Crippen LogP contribution in [0, 0.1) is 0 Å². The molecule has 0 saturated carbocycles. The first-order chi connectivity index (χ1) is 12.1. The van der Waals surface area contributed by atoms with Crippen molar-refractivity contribution in [3.8, 4) is 5.75 Å². The van der Waals surface area contributed by atoms with Crippen LogP contribution >= 0.6 is 0 Å². The van der Waals surface area contributed by atoms with Crippen LogP contribution in [0.1, 0.15) is 29.9 Å². The molecule has 0 aliphatic rings. The van der Waals surface area contributed by atoms with Crippen molar-refractivity contribution in [1.29, 1.82) is 0 Å². The van der Waals surface area contributed by atoms with Gasteiger partial charge in [0.15, 0.2) is 0 Å². The molecule has 0 fully saturated rings. The number of nitrogens with zero attached hydrogens (tertiary/aromatic N) is 2. The van der Waals surface area contributed by atoms with Gasteiger partial charge in [-0.1, -0.05) is 36.4 Å². The first-order valence-corrected chi connectivity index (χ1v) is 7.88. The Hall–Kier alpha value is -3.15. The lowest BCUT2D eigenvalue weighted by atomic mass is 10.2. The first-order valence-electron chi connectivity index (χ1n) is 7.88. The second-order valence-corrected chi connectivity index (χ2v) is 5.58. The molecule has 25 heavy (non-hydrogen) atoms. The molecule has 128 valence electrons. The molecule has 6 nitrogen and oxygen atoms in total. The molecule has 6 heteroatoms. The zero-order chi connectivity index (χ0) is 17.8. The lowest BCUT2D eigenvalue weighted by Crippen LogP contribution is -2.08. The van der Waals surface area contributed by atoms with Crippen LogP contribution in [0.5, 0.6) is 5.75 Å². The molecule has 1 heterocycles. The number of hydrogen-bond acceptors (Lipinski definition) is 5. The number of ether oxygens (including phenoxy) is 2. The van der Waals surface area contributed by atoms with Gasteiger partial charge in [0.1, 0.15) is 24.7 Å². The SMILES string of the molecule is CC(=O)OCc1nn(C(C)=O)c2cccc(OCc3ccccc3)c12. The molecule has 0 unspecified atom stereocenters. The maximum absolute atomic E-state index is 11.9. The highest BCUT2D eigenvalue weighted by Crippen LogP contribution is 2.30. The summed E-state index contributed by atoms with van der Waals surface area (Å²) in [6.07, 6.45) is 0. The standard InChI is InChI=1S/C19H18N2O4/c1-13(22)21-17-9-6-10-18(25-11-15-7-4-3-5-8-15)19(17)16(20-21)12-24-14(2)23/h3-10H,11-12H2,1-2H3. The number of esters is 1.